The summed E-state index contributed by atoms with van der Waals surface area (Å²) in [6, 6.07) is 3.77. The zero-order chi connectivity index (χ0) is 13.8. The Balaban J connectivity index is 2.09. The second kappa shape index (κ2) is 6.04. The minimum atomic E-state index is -0.512. The van der Waals surface area contributed by atoms with Crippen LogP contribution < -0.4 is 5.73 Å². The number of benzene rings is 1. The minimum Gasteiger partial charge on any atom is -0.458 e. The van der Waals surface area contributed by atoms with Crippen LogP contribution in [0.4, 0.5) is 10.1 Å². The number of hydrogen-bond acceptors (Lipinski definition) is 3. The number of nitrogens with two attached hydrogens (primary N) is 1. The van der Waals surface area contributed by atoms with Gasteiger partial charge in [-0.2, -0.15) is 0 Å². The molecular formula is C15H20FNO2. The van der Waals surface area contributed by atoms with Crippen LogP contribution in [0.2, 0.25) is 0 Å². The molecule has 19 heavy (non-hydrogen) atoms. The van der Waals surface area contributed by atoms with E-state index < -0.39 is 11.8 Å². The third-order valence-corrected chi connectivity index (χ3v) is 3.86. The third-order valence-electron chi connectivity index (χ3n) is 3.86. The topological polar surface area (TPSA) is 52.3 Å². The predicted molar refractivity (Wildman–Crippen MR) is 72.3 cm³/mol. The van der Waals surface area contributed by atoms with Crippen LogP contribution in [0, 0.1) is 11.7 Å². The largest absolute Gasteiger partial charge is 0.458 e. The highest BCUT2D eigenvalue weighted by molar-refractivity contribution is 5.95. The Morgan fingerprint density at radius 3 is 2.89 bits per heavy atom. The van der Waals surface area contributed by atoms with E-state index >= 15 is 0 Å². The van der Waals surface area contributed by atoms with E-state index in [0.717, 1.165) is 31.7 Å². The van der Waals surface area contributed by atoms with Crippen molar-refractivity contribution in [1.82, 2.24) is 0 Å². The molecule has 2 atom stereocenters. The van der Waals surface area contributed by atoms with Crippen molar-refractivity contribution in [2.45, 2.75) is 45.1 Å². The zero-order valence-electron chi connectivity index (χ0n) is 11.2. The lowest BCUT2D eigenvalue weighted by Crippen LogP contribution is -2.30. The molecule has 3 nitrogen and oxygen atoms in total. The van der Waals surface area contributed by atoms with Crippen molar-refractivity contribution in [3.8, 4) is 0 Å². The lowest BCUT2D eigenvalue weighted by Gasteiger charge is -2.30. The highest BCUT2D eigenvalue weighted by Crippen LogP contribution is 2.30. The average molecular weight is 265 g/mol. The summed E-state index contributed by atoms with van der Waals surface area (Å²) in [5, 5.41) is 0. The Labute approximate surface area is 112 Å². The zero-order valence-corrected chi connectivity index (χ0v) is 11.2. The van der Waals surface area contributed by atoms with E-state index in [1.165, 1.54) is 18.6 Å². The van der Waals surface area contributed by atoms with Crippen LogP contribution in [0.1, 0.15) is 49.4 Å². The third kappa shape index (κ3) is 3.25. The molecule has 2 rings (SSSR count). The van der Waals surface area contributed by atoms with E-state index in [1.54, 1.807) is 0 Å². The lowest BCUT2D eigenvalue weighted by molar-refractivity contribution is 0.000778. The standard InChI is InChI=1S/C15H20FNO2/c1-2-10-5-3-4-6-14(10)19-15(18)12-9-11(16)7-8-13(12)17/h7-10,14H,2-6,17H2,1H3. The van der Waals surface area contributed by atoms with Crippen molar-refractivity contribution in [3.05, 3.63) is 29.6 Å². The maximum Gasteiger partial charge on any atom is 0.340 e. The smallest absolute Gasteiger partial charge is 0.340 e. The number of hydrogen-bond donors (Lipinski definition) is 1. The molecule has 4 heteroatoms. The summed E-state index contributed by atoms with van der Waals surface area (Å²) in [4.78, 5) is 12.1. The number of halogens is 1. The summed E-state index contributed by atoms with van der Waals surface area (Å²) >= 11 is 0. The van der Waals surface area contributed by atoms with Crippen molar-refractivity contribution >= 4 is 11.7 Å². The molecule has 0 radical (unpaired) electrons. The van der Waals surface area contributed by atoms with E-state index in [0.29, 0.717) is 5.92 Å². The maximum atomic E-state index is 13.2. The number of rotatable bonds is 3. The van der Waals surface area contributed by atoms with Crippen molar-refractivity contribution in [2.75, 3.05) is 5.73 Å². The number of ether oxygens (including phenoxy) is 1. The van der Waals surface area contributed by atoms with Crippen LogP contribution in [-0.2, 0) is 4.74 Å². The first-order valence-corrected chi connectivity index (χ1v) is 6.87. The summed E-state index contributed by atoms with van der Waals surface area (Å²) < 4.78 is 18.7. The molecule has 0 aromatic heterocycles. The Morgan fingerprint density at radius 1 is 1.42 bits per heavy atom. The van der Waals surface area contributed by atoms with Gasteiger partial charge in [-0.05, 0) is 49.8 Å². The quantitative estimate of drug-likeness (QED) is 0.672. The summed E-state index contributed by atoms with van der Waals surface area (Å²) in [7, 11) is 0. The van der Waals surface area contributed by atoms with Gasteiger partial charge in [-0.25, -0.2) is 9.18 Å². The van der Waals surface area contributed by atoms with Crippen LogP contribution in [0.3, 0.4) is 0 Å². The fourth-order valence-corrected chi connectivity index (χ4v) is 2.70. The molecule has 0 spiro atoms. The molecule has 0 heterocycles. The highest BCUT2D eigenvalue weighted by atomic mass is 19.1. The van der Waals surface area contributed by atoms with Crippen molar-refractivity contribution in [1.29, 1.82) is 0 Å². The molecule has 104 valence electrons. The van der Waals surface area contributed by atoms with Crippen LogP contribution >= 0.6 is 0 Å². The van der Waals surface area contributed by atoms with Crippen LogP contribution in [0.15, 0.2) is 18.2 Å². The molecule has 0 bridgehead atoms. The predicted octanol–water partition coefficient (Wildman–Crippen LogP) is 3.53. The fraction of sp³-hybridized carbons (Fsp3) is 0.533. The molecule has 1 aromatic rings. The van der Waals surface area contributed by atoms with Gasteiger partial charge in [0.05, 0.1) is 5.56 Å². The van der Waals surface area contributed by atoms with E-state index in [9.17, 15) is 9.18 Å². The molecule has 1 saturated carbocycles. The van der Waals surface area contributed by atoms with Gasteiger partial charge in [0.2, 0.25) is 0 Å². The lowest BCUT2D eigenvalue weighted by atomic mass is 9.85. The Hall–Kier alpha value is -1.58. The monoisotopic (exact) mass is 265 g/mol. The summed E-state index contributed by atoms with van der Waals surface area (Å²) in [5.41, 5.74) is 6.08. The summed E-state index contributed by atoms with van der Waals surface area (Å²) in [5.74, 6) is -0.577. The van der Waals surface area contributed by atoms with Crippen LogP contribution in [0.25, 0.3) is 0 Å². The molecule has 0 amide bonds. The van der Waals surface area contributed by atoms with E-state index in [2.05, 4.69) is 6.92 Å². The van der Waals surface area contributed by atoms with Gasteiger partial charge in [-0.3, -0.25) is 0 Å². The fourth-order valence-electron chi connectivity index (χ4n) is 2.70. The second-order valence-electron chi connectivity index (χ2n) is 5.13. The number of nitrogen functional groups attached to an aromatic ring is 1. The van der Waals surface area contributed by atoms with Crippen LogP contribution in [0.5, 0.6) is 0 Å². The highest BCUT2D eigenvalue weighted by Gasteiger charge is 2.27. The number of carbonyl (C=O) groups is 1. The van der Waals surface area contributed by atoms with Gasteiger partial charge in [0.15, 0.2) is 0 Å². The Bertz CT molecular complexity index is 461. The molecule has 1 aromatic carbocycles. The van der Waals surface area contributed by atoms with Crippen LogP contribution in [-0.4, -0.2) is 12.1 Å². The molecule has 0 saturated heterocycles. The molecule has 2 unspecified atom stereocenters. The maximum absolute atomic E-state index is 13.2. The van der Waals surface area contributed by atoms with Gasteiger partial charge < -0.3 is 10.5 Å². The van der Waals surface area contributed by atoms with E-state index in [1.807, 2.05) is 0 Å². The molecule has 1 fully saturated rings. The van der Waals surface area contributed by atoms with Gasteiger partial charge in [0.1, 0.15) is 11.9 Å². The van der Waals surface area contributed by atoms with Crippen molar-refractivity contribution in [3.63, 3.8) is 0 Å². The minimum absolute atomic E-state index is 0.0612. The molecule has 2 N–H and O–H groups in total. The van der Waals surface area contributed by atoms with Gasteiger partial charge in [-0.1, -0.05) is 13.3 Å². The van der Waals surface area contributed by atoms with Gasteiger partial charge in [-0.15, -0.1) is 0 Å². The van der Waals surface area contributed by atoms with E-state index in [-0.39, 0.29) is 17.4 Å². The first-order chi connectivity index (χ1) is 9.11. The Kier molecular flexibility index (Phi) is 4.40. The first-order valence-electron chi connectivity index (χ1n) is 6.87. The second-order valence-corrected chi connectivity index (χ2v) is 5.13. The van der Waals surface area contributed by atoms with Crippen molar-refractivity contribution in [2.24, 2.45) is 5.92 Å². The number of esters is 1. The Morgan fingerprint density at radius 2 is 2.16 bits per heavy atom. The number of carbonyl (C=O) groups excluding carboxylic acids is 1. The molecular weight excluding hydrogens is 245 g/mol. The molecule has 0 aliphatic heterocycles. The van der Waals surface area contributed by atoms with Gasteiger partial charge in [0, 0.05) is 5.69 Å². The molecule has 1 aliphatic rings. The van der Waals surface area contributed by atoms with Gasteiger partial charge >= 0.3 is 5.97 Å². The van der Waals surface area contributed by atoms with Crippen molar-refractivity contribution < 1.29 is 13.9 Å². The molecule has 1 aliphatic carbocycles. The first kappa shape index (κ1) is 13.8. The van der Waals surface area contributed by atoms with E-state index in [4.69, 9.17) is 10.5 Å². The number of anilines is 1. The summed E-state index contributed by atoms with van der Waals surface area (Å²) in [6.45, 7) is 2.10. The SMILES string of the molecule is CCC1CCCCC1OC(=O)c1cc(F)ccc1N. The summed E-state index contributed by atoms with van der Waals surface area (Å²) in [6.07, 6.45) is 5.18. The van der Waals surface area contributed by atoms with Gasteiger partial charge in [0.25, 0.3) is 0 Å². The normalized spacial score (nSPS) is 23.1. The average Bonchev–Trinajstić information content (AvgIpc) is 2.42.